The second-order valence-corrected chi connectivity index (χ2v) is 7.66. The number of carbonyl (C=O) groups is 1. The van der Waals surface area contributed by atoms with Crippen molar-refractivity contribution < 1.29 is 14.3 Å². The quantitative estimate of drug-likeness (QED) is 0.636. The van der Waals surface area contributed by atoms with Crippen LogP contribution in [0.3, 0.4) is 0 Å². The number of fused-ring (bicyclic) bond motifs is 1. The number of anilines is 1. The Balaban J connectivity index is 1.80. The van der Waals surface area contributed by atoms with E-state index in [-0.39, 0.29) is 16.8 Å². The van der Waals surface area contributed by atoms with Crippen molar-refractivity contribution in [3.63, 3.8) is 0 Å². The van der Waals surface area contributed by atoms with Gasteiger partial charge in [0.25, 0.3) is 5.91 Å². The molecule has 1 heterocycles. The Labute approximate surface area is 167 Å². The molecule has 3 rings (SSSR count). The van der Waals surface area contributed by atoms with Crippen molar-refractivity contribution in [2.45, 2.75) is 39.3 Å². The van der Waals surface area contributed by atoms with Gasteiger partial charge in [0.15, 0.2) is 17.6 Å². The van der Waals surface area contributed by atoms with Crippen molar-refractivity contribution in [1.82, 2.24) is 4.57 Å². The highest BCUT2D eigenvalue weighted by Crippen LogP contribution is 2.28. The normalized spacial score (nSPS) is 12.2. The van der Waals surface area contributed by atoms with Gasteiger partial charge < -0.3 is 14.8 Å². The summed E-state index contributed by atoms with van der Waals surface area (Å²) in [5.41, 5.74) is 1.51. The maximum Gasteiger partial charge on any atom is 0.308 e. The minimum Gasteiger partial charge on any atom is -0.493 e. The molecule has 7 heteroatoms. The van der Waals surface area contributed by atoms with Crippen molar-refractivity contribution in [1.29, 1.82) is 0 Å². The first-order chi connectivity index (χ1) is 13.4. The second kappa shape index (κ2) is 8.48. The number of hydrogen-bond donors (Lipinski definition) is 1. The predicted octanol–water partition coefficient (Wildman–Crippen LogP) is 4.45. The van der Waals surface area contributed by atoms with Gasteiger partial charge in [-0.15, -0.1) is 0 Å². The number of benzene rings is 2. The molecule has 0 spiro atoms. The van der Waals surface area contributed by atoms with Gasteiger partial charge in [-0.05, 0) is 50.6 Å². The van der Waals surface area contributed by atoms with Crippen LogP contribution in [0.2, 0.25) is 0 Å². The molecular formula is C21H24N2O4S. The lowest BCUT2D eigenvalue weighted by molar-refractivity contribution is -0.122. The van der Waals surface area contributed by atoms with Gasteiger partial charge in [0.2, 0.25) is 0 Å². The fourth-order valence-electron chi connectivity index (χ4n) is 3.02. The Morgan fingerprint density at radius 2 is 1.89 bits per heavy atom. The first-order valence-corrected chi connectivity index (χ1v) is 10.0. The average molecular weight is 401 g/mol. The van der Waals surface area contributed by atoms with E-state index in [1.54, 1.807) is 29.9 Å². The fraction of sp³-hybridized carbons (Fsp3) is 0.333. The summed E-state index contributed by atoms with van der Waals surface area (Å²) in [6.45, 7) is 5.84. The third kappa shape index (κ3) is 4.04. The largest absolute Gasteiger partial charge is 0.493 e. The van der Waals surface area contributed by atoms with Crippen LogP contribution in [0.4, 0.5) is 5.69 Å². The van der Waals surface area contributed by atoms with E-state index in [0.29, 0.717) is 23.6 Å². The highest BCUT2D eigenvalue weighted by atomic mass is 32.1. The van der Waals surface area contributed by atoms with Gasteiger partial charge >= 0.3 is 4.87 Å². The molecule has 0 aliphatic rings. The number of amides is 1. The van der Waals surface area contributed by atoms with Crippen LogP contribution >= 0.6 is 11.3 Å². The first-order valence-electron chi connectivity index (χ1n) is 9.20. The molecule has 0 fully saturated rings. The van der Waals surface area contributed by atoms with Crippen LogP contribution < -0.4 is 19.7 Å². The molecule has 3 aromatic rings. The van der Waals surface area contributed by atoms with Crippen LogP contribution in [0.5, 0.6) is 11.5 Å². The number of ether oxygens (including phenoxy) is 2. The van der Waals surface area contributed by atoms with E-state index in [1.165, 1.54) is 11.3 Å². The molecule has 0 saturated heterocycles. The van der Waals surface area contributed by atoms with Crippen LogP contribution in [-0.4, -0.2) is 23.7 Å². The number of carbonyl (C=O) groups excluding carboxylic acids is 1. The van der Waals surface area contributed by atoms with Crippen molar-refractivity contribution in [2.24, 2.45) is 0 Å². The molecule has 0 saturated carbocycles. The fourth-order valence-corrected chi connectivity index (χ4v) is 4.07. The minimum absolute atomic E-state index is 0.000540. The summed E-state index contributed by atoms with van der Waals surface area (Å²) in [6, 6.07) is 12.8. The van der Waals surface area contributed by atoms with Crippen molar-refractivity contribution in [3.8, 4) is 11.5 Å². The third-order valence-electron chi connectivity index (χ3n) is 4.40. The monoisotopic (exact) mass is 400 g/mol. The lowest BCUT2D eigenvalue weighted by atomic mass is 10.2. The molecule has 148 valence electrons. The summed E-state index contributed by atoms with van der Waals surface area (Å²) in [7, 11) is 1.56. The lowest BCUT2D eigenvalue weighted by Crippen LogP contribution is -2.32. The maximum absolute atomic E-state index is 12.7. The number of hydrogen-bond acceptors (Lipinski definition) is 5. The Hall–Kier alpha value is -2.80. The summed E-state index contributed by atoms with van der Waals surface area (Å²) < 4.78 is 13.8. The Morgan fingerprint density at radius 1 is 1.18 bits per heavy atom. The van der Waals surface area contributed by atoms with Crippen molar-refractivity contribution in [2.75, 3.05) is 12.4 Å². The highest BCUT2D eigenvalue weighted by molar-refractivity contribution is 7.16. The van der Waals surface area contributed by atoms with Gasteiger partial charge in [-0.3, -0.25) is 14.2 Å². The van der Waals surface area contributed by atoms with Crippen molar-refractivity contribution in [3.05, 3.63) is 52.1 Å². The van der Waals surface area contributed by atoms with E-state index in [0.717, 1.165) is 10.2 Å². The topological polar surface area (TPSA) is 69.6 Å². The molecule has 0 aliphatic carbocycles. The predicted molar refractivity (Wildman–Crippen MR) is 113 cm³/mol. The zero-order valence-corrected chi connectivity index (χ0v) is 17.2. The maximum atomic E-state index is 12.7. The number of para-hydroxylation sites is 2. The van der Waals surface area contributed by atoms with E-state index in [2.05, 4.69) is 5.32 Å². The van der Waals surface area contributed by atoms with Crippen LogP contribution in [0.15, 0.2) is 47.3 Å². The minimum atomic E-state index is -0.661. The van der Waals surface area contributed by atoms with Gasteiger partial charge in [0, 0.05) is 11.7 Å². The molecule has 2 aromatic carbocycles. The van der Waals surface area contributed by atoms with Gasteiger partial charge in [0.1, 0.15) is 0 Å². The summed E-state index contributed by atoms with van der Waals surface area (Å²) in [6.07, 6.45) is -0.158. The van der Waals surface area contributed by atoms with Gasteiger partial charge in [-0.25, -0.2) is 0 Å². The van der Waals surface area contributed by atoms with Crippen molar-refractivity contribution >= 4 is 33.1 Å². The number of nitrogens with one attached hydrogen (secondary N) is 1. The summed E-state index contributed by atoms with van der Waals surface area (Å²) in [5.74, 6) is 0.855. The van der Waals surface area contributed by atoms with Gasteiger partial charge in [0.05, 0.1) is 17.3 Å². The molecular weight excluding hydrogens is 376 g/mol. The molecule has 1 aromatic heterocycles. The number of thiazole rings is 1. The molecule has 0 unspecified atom stereocenters. The zero-order chi connectivity index (χ0) is 20.3. The summed E-state index contributed by atoms with van der Waals surface area (Å²) in [5, 5.41) is 2.89. The Kier molecular flexibility index (Phi) is 6.04. The molecule has 0 radical (unpaired) electrons. The van der Waals surface area contributed by atoms with Crippen LogP contribution in [-0.2, 0) is 4.79 Å². The van der Waals surface area contributed by atoms with E-state index in [1.807, 2.05) is 45.0 Å². The molecule has 1 amide bonds. The second-order valence-electron chi connectivity index (χ2n) is 6.67. The molecule has 0 bridgehead atoms. The number of rotatable bonds is 7. The molecule has 1 N–H and O–H groups in total. The average Bonchev–Trinajstić information content (AvgIpc) is 3.01. The highest BCUT2D eigenvalue weighted by Gasteiger charge is 2.20. The molecule has 28 heavy (non-hydrogen) atoms. The molecule has 6 nitrogen and oxygen atoms in total. The van der Waals surface area contributed by atoms with Gasteiger partial charge in [-0.1, -0.05) is 30.4 Å². The first kappa shape index (κ1) is 19.9. The van der Waals surface area contributed by atoms with E-state index in [9.17, 15) is 9.59 Å². The smallest absolute Gasteiger partial charge is 0.308 e. The van der Waals surface area contributed by atoms with E-state index >= 15 is 0 Å². The van der Waals surface area contributed by atoms with Crippen LogP contribution in [0, 0.1) is 0 Å². The SMILES string of the molecule is CC[C@H](Oc1ccccc1OC)C(=O)Nc1ccc2c(c1)sc(=O)n2C(C)C. The van der Waals surface area contributed by atoms with Gasteiger partial charge in [-0.2, -0.15) is 0 Å². The lowest BCUT2D eigenvalue weighted by Gasteiger charge is -2.19. The molecule has 0 aliphatic heterocycles. The van der Waals surface area contributed by atoms with Crippen LogP contribution in [0.1, 0.15) is 33.2 Å². The van der Waals surface area contributed by atoms with Crippen LogP contribution in [0.25, 0.3) is 10.2 Å². The summed E-state index contributed by atoms with van der Waals surface area (Å²) in [4.78, 5) is 24.9. The number of nitrogens with zero attached hydrogens (tertiary/aromatic N) is 1. The third-order valence-corrected chi connectivity index (χ3v) is 5.32. The van der Waals surface area contributed by atoms with E-state index < -0.39 is 6.10 Å². The molecule has 1 atom stereocenters. The summed E-state index contributed by atoms with van der Waals surface area (Å²) >= 11 is 1.18. The Bertz CT molecular complexity index is 1040. The zero-order valence-electron chi connectivity index (χ0n) is 16.4. The number of methoxy groups -OCH3 is 1. The Morgan fingerprint density at radius 3 is 2.54 bits per heavy atom. The number of aromatic nitrogens is 1. The standard InChI is InChI=1S/C21H24N2O4S/c1-5-16(27-18-9-7-6-8-17(18)26-4)20(24)22-14-10-11-15-19(12-14)28-21(25)23(15)13(2)3/h6-13,16H,5H2,1-4H3,(H,22,24)/t16-/m0/s1. The van der Waals surface area contributed by atoms with E-state index in [4.69, 9.17) is 9.47 Å².